The van der Waals surface area contributed by atoms with Crippen molar-refractivity contribution in [2.24, 2.45) is 5.73 Å². The maximum absolute atomic E-state index is 6.29. The minimum absolute atomic E-state index is 0.592. The molecule has 0 fully saturated rings. The fourth-order valence-corrected chi connectivity index (χ4v) is 2.44. The number of halogens is 1. The van der Waals surface area contributed by atoms with E-state index >= 15 is 0 Å². The number of benzene rings is 1. The van der Waals surface area contributed by atoms with Gasteiger partial charge in [-0.2, -0.15) is 11.1 Å². The summed E-state index contributed by atoms with van der Waals surface area (Å²) in [6, 6.07) is 8.24. The predicted octanol–water partition coefficient (Wildman–Crippen LogP) is 1.80. The van der Waals surface area contributed by atoms with Crippen molar-refractivity contribution >= 4 is 23.6 Å². The third-order valence-electron chi connectivity index (χ3n) is 1.85. The Hall–Kier alpha value is -0.313. The van der Waals surface area contributed by atoms with Gasteiger partial charge in [-0.1, -0.05) is 37.4 Å². The van der Waals surface area contributed by atoms with Gasteiger partial charge < -0.3 is 5.73 Å². The average molecular weight is 200 g/mol. The maximum atomic E-state index is 6.29. The normalized spacial score (nSPS) is 11.7. The molecule has 1 nitrogen and oxygen atoms in total. The van der Waals surface area contributed by atoms with E-state index in [0.29, 0.717) is 6.54 Å². The summed E-state index contributed by atoms with van der Waals surface area (Å²) < 4.78 is 0. The van der Waals surface area contributed by atoms with Crippen LogP contribution in [0, 0.1) is 0 Å². The van der Waals surface area contributed by atoms with E-state index in [2.05, 4.69) is 25.2 Å². The van der Waals surface area contributed by atoms with E-state index in [1.54, 1.807) is 0 Å². The Labute approximate surface area is 79.3 Å². The van der Waals surface area contributed by atoms with Gasteiger partial charge in [-0.05, 0) is 10.8 Å². The van der Waals surface area contributed by atoms with Crippen LogP contribution in [0.25, 0.3) is 0 Å². The SMILES string of the molecule is C[Si](C)(Cl)c1cccc(CN)c1. The number of nitrogens with two attached hydrogens (primary N) is 1. The lowest BCUT2D eigenvalue weighted by molar-refractivity contribution is 1.07. The topological polar surface area (TPSA) is 26.0 Å². The van der Waals surface area contributed by atoms with Crippen molar-refractivity contribution in [2.75, 3.05) is 0 Å². The molecule has 12 heavy (non-hydrogen) atoms. The Morgan fingerprint density at radius 1 is 1.42 bits per heavy atom. The van der Waals surface area contributed by atoms with Gasteiger partial charge in [0.1, 0.15) is 0 Å². The van der Waals surface area contributed by atoms with Crippen molar-refractivity contribution < 1.29 is 0 Å². The molecule has 0 atom stereocenters. The highest BCUT2D eigenvalue weighted by molar-refractivity contribution is 7.26. The summed E-state index contributed by atoms with van der Waals surface area (Å²) in [4.78, 5) is 0. The fourth-order valence-electron chi connectivity index (χ4n) is 1.07. The van der Waals surface area contributed by atoms with Crippen LogP contribution in [0.4, 0.5) is 0 Å². The first kappa shape index (κ1) is 9.77. The highest BCUT2D eigenvalue weighted by atomic mass is 35.6. The summed E-state index contributed by atoms with van der Waals surface area (Å²) in [5, 5.41) is 1.26. The fraction of sp³-hybridized carbons (Fsp3) is 0.333. The quantitative estimate of drug-likeness (QED) is 0.571. The molecule has 0 heterocycles. The second-order valence-corrected chi connectivity index (χ2v) is 9.73. The van der Waals surface area contributed by atoms with Gasteiger partial charge in [-0.3, -0.25) is 0 Å². The maximum Gasteiger partial charge on any atom is 0.180 e. The monoisotopic (exact) mass is 199 g/mol. The minimum atomic E-state index is -1.66. The van der Waals surface area contributed by atoms with Gasteiger partial charge in [0.05, 0.1) is 0 Å². The van der Waals surface area contributed by atoms with Gasteiger partial charge in [0.25, 0.3) is 0 Å². The van der Waals surface area contributed by atoms with Crippen LogP contribution in [0.15, 0.2) is 24.3 Å². The van der Waals surface area contributed by atoms with Gasteiger partial charge in [-0.15, -0.1) is 0 Å². The molecule has 0 unspecified atom stereocenters. The molecular weight excluding hydrogens is 186 g/mol. The summed E-state index contributed by atoms with van der Waals surface area (Å²) in [6.45, 7) is 4.82. The second-order valence-electron chi connectivity index (χ2n) is 3.38. The summed E-state index contributed by atoms with van der Waals surface area (Å²) in [5.41, 5.74) is 6.70. The van der Waals surface area contributed by atoms with E-state index in [0.717, 1.165) is 5.56 Å². The van der Waals surface area contributed by atoms with Gasteiger partial charge in [-0.25, -0.2) is 0 Å². The smallest absolute Gasteiger partial charge is 0.180 e. The largest absolute Gasteiger partial charge is 0.326 e. The number of hydrogen-bond donors (Lipinski definition) is 1. The average Bonchev–Trinajstić information content (AvgIpc) is 2.03. The number of hydrogen-bond acceptors (Lipinski definition) is 1. The molecule has 0 aliphatic carbocycles. The molecule has 0 saturated carbocycles. The lowest BCUT2D eigenvalue weighted by atomic mass is 10.2. The first-order chi connectivity index (χ1) is 5.54. The molecule has 0 spiro atoms. The molecule has 0 aliphatic rings. The van der Waals surface area contributed by atoms with Crippen LogP contribution in [0.2, 0.25) is 13.1 Å². The molecule has 3 heteroatoms. The van der Waals surface area contributed by atoms with Crippen LogP contribution in [0.3, 0.4) is 0 Å². The second kappa shape index (κ2) is 3.60. The molecule has 2 N–H and O–H groups in total. The highest BCUT2D eigenvalue weighted by Gasteiger charge is 2.19. The van der Waals surface area contributed by atoms with E-state index in [4.69, 9.17) is 16.8 Å². The van der Waals surface area contributed by atoms with E-state index in [9.17, 15) is 0 Å². The summed E-state index contributed by atoms with van der Waals surface area (Å²) >= 11 is 6.29. The molecule has 0 aromatic heterocycles. The zero-order valence-electron chi connectivity index (χ0n) is 7.47. The van der Waals surface area contributed by atoms with Crippen LogP contribution in [0.1, 0.15) is 5.56 Å². The van der Waals surface area contributed by atoms with E-state index in [1.165, 1.54) is 5.19 Å². The predicted molar refractivity (Wildman–Crippen MR) is 57.3 cm³/mol. The molecule has 0 radical (unpaired) electrons. The van der Waals surface area contributed by atoms with Gasteiger partial charge in [0.15, 0.2) is 7.38 Å². The van der Waals surface area contributed by atoms with Gasteiger partial charge >= 0.3 is 0 Å². The van der Waals surface area contributed by atoms with Crippen molar-refractivity contribution in [3.8, 4) is 0 Å². The molecule has 0 amide bonds. The summed E-state index contributed by atoms with van der Waals surface area (Å²) in [6.07, 6.45) is 0. The third kappa shape index (κ3) is 2.34. The standard InChI is InChI=1S/C9H14ClNSi/c1-12(2,10)9-5-3-4-8(6-9)7-11/h3-6H,7,11H2,1-2H3. The van der Waals surface area contributed by atoms with Gasteiger partial charge in [0.2, 0.25) is 0 Å². The molecule has 0 aliphatic heterocycles. The van der Waals surface area contributed by atoms with Crippen molar-refractivity contribution in [3.05, 3.63) is 29.8 Å². The molecule has 66 valence electrons. The lowest BCUT2D eigenvalue weighted by Gasteiger charge is -2.13. The Balaban J connectivity index is 3.02. The van der Waals surface area contributed by atoms with Crippen LogP contribution >= 0.6 is 11.1 Å². The number of rotatable bonds is 2. The molecular formula is C9H14ClNSi. The summed E-state index contributed by atoms with van der Waals surface area (Å²) in [5.74, 6) is 0. The van der Waals surface area contributed by atoms with Crippen LogP contribution < -0.4 is 10.9 Å². The van der Waals surface area contributed by atoms with E-state index < -0.39 is 7.38 Å². The molecule has 1 aromatic carbocycles. The minimum Gasteiger partial charge on any atom is -0.326 e. The Morgan fingerprint density at radius 2 is 2.08 bits per heavy atom. The van der Waals surface area contributed by atoms with E-state index in [-0.39, 0.29) is 0 Å². The van der Waals surface area contributed by atoms with Crippen molar-refractivity contribution in [3.63, 3.8) is 0 Å². The van der Waals surface area contributed by atoms with Crippen molar-refractivity contribution in [1.82, 2.24) is 0 Å². The molecule has 1 aromatic rings. The first-order valence-corrected chi connectivity index (χ1v) is 8.03. The Morgan fingerprint density at radius 3 is 2.58 bits per heavy atom. The molecule has 0 bridgehead atoms. The zero-order chi connectivity index (χ0) is 9.19. The highest BCUT2D eigenvalue weighted by Crippen LogP contribution is 2.09. The van der Waals surface area contributed by atoms with Crippen LogP contribution in [0.5, 0.6) is 0 Å². The van der Waals surface area contributed by atoms with Crippen molar-refractivity contribution in [2.45, 2.75) is 19.6 Å². The third-order valence-corrected chi connectivity index (χ3v) is 4.19. The summed E-state index contributed by atoms with van der Waals surface area (Å²) in [7, 11) is -1.66. The Bertz CT molecular complexity index is 267. The van der Waals surface area contributed by atoms with Gasteiger partial charge in [0, 0.05) is 6.54 Å². The van der Waals surface area contributed by atoms with E-state index in [1.807, 2.05) is 12.1 Å². The van der Waals surface area contributed by atoms with Crippen molar-refractivity contribution in [1.29, 1.82) is 0 Å². The first-order valence-electron chi connectivity index (χ1n) is 4.02. The molecule has 1 rings (SSSR count). The van der Waals surface area contributed by atoms with Crippen LogP contribution in [-0.4, -0.2) is 7.38 Å². The zero-order valence-corrected chi connectivity index (χ0v) is 9.23. The van der Waals surface area contributed by atoms with Crippen LogP contribution in [-0.2, 0) is 6.54 Å². The Kier molecular flexibility index (Phi) is 2.93. The molecule has 0 saturated heterocycles. The lowest BCUT2D eigenvalue weighted by Crippen LogP contribution is -2.35.